The number of methoxy groups -OCH3 is 2. The molecule has 1 saturated carbocycles. The molecule has 0 saturated heterocycles. The highest BCUT2D eigenvalue weighted by Gasteiger charge is 2.28. The first kappa shape index (κ1) is 13.2. The first-order chi connectivity index (χ1) is 8.80. The van der Waals surface area contributed by atoms with Crippen LogP contribution >= 0.6 is 0 Å². The van der Waals surface area contributed by atoms with Crippen LogP contribution < -0.4 is 14.8 Å². The summed E-state index contributed by atoms with van der Waals surface area (Å²) in [5.74, 6) is 2.24. The van der Waals surface area contributed by atoms with Crippen LogP contribution in [0.5, 0.6) is 11.5 Å². The Morgan fingerprint density at radius 1 is 1.17 bits per heavy atom. The van der Waals surface area contributed by atoms with E-state index in [9.17, 15) is 0 Å². The largest absolute Gasteiger partial charge is 0.493 e. The van der Waals surface area contributed by atoms with Gasteiger partial charge in [-0.25, -0.2) is 0 Å². The van der Waals surface area contributed by atoms with E-state index in [0.29, 0.717) is 12.0 Å². The molecule has 0 aliphatic heterocycles. The quantitative estimate of drug-likeness (QED) is 0.870. The van der Waals surface area contributed by atoms with E-state index in [1.807, 2.05) is 6.07 Å². The van der Waals surface area contributed by atoms with Crippen molar-refractivity contribution in [3.05, 3.63) is 23.8 Å². The summed E-state index contributed by atoms with van der Waals surface area (Å²) in [5, 5.41) is 3.59. The van der Waals surface area contributed by atoms with Crippen molar-refractivity contribution in [2.45, 2.75) is 38.1 Å². The molecule has 2 unspecified atom stereocenters. The fraction of sp³-hybridized carbons (Fsp3) is 0.600. The number of likely N-dealkylation sites (N-methyl/N-ethyl adjacent to an activating group) is 1. The predicted molar refractivity (Wildman–Crippen MR) is 73.6 cm³/mol. The van der Waals surface area contributed by atoms with E-state index in [1.165, 1.54) is 24.8 Å². The van der Waals surface area contributed by atoms with Crippen molar-refractivity contribution < 1.29 is 9.47 Å². The van der Waals surface area contributed by atoms with Crippen LogP contribution in [-0.2, 0) is 0 Å². The van der Waals surface area contributed by atoms with Crippen LogP contribution in [0.3, 0.4) is 0 Å². The lowest BCUT2D eigenvalue weighted by Crippen LogP contribution is -2.30. The summed E-state index contributed by atoms with van der Waals surface area (Å²) in [6.45, 7) is 3.21. The van der Waals surface area contributed by atoms with E-state index in [4.69, 9.17) is 9.47 Å². The molecular weight excluding hydrogens is 226 g/mol. The zero-order chi connectivity index (χ0) is 13.0. The third kappa shape index (κ3) is 2.61. The molecule has 1 aromatic rings. The van der Waals surface area contributed by atoms with Crippen molar-refractivity contribution in [1.29, 1.82) is 0 Å². The second-order valence-corrected chi connectivity index (χ2v) is 4.82. The van der Waals surface area contributed by atoms with Gasteiger partial charge in [-0.1, -0.05) is 19.4 Å². The standard InChI is InChI=1S/C15H23NO2/c1-4-16-13-7-5-6-12(13)11-8-9-14(17-2)15(10-11)18-3/h8-10,12-13,16H,4-7H2,1-3H3. The summed E-state index contributed by atoms with van der Waals surface area (Å²) >= 11 is 0. The van der Waals surface area contributed by atoms with Crippen LogP contribution in [0.4, 0.5) is 0 Å². The summed E-state index contributed by atoms with van der Waals surface area (Å²) in [5.41, 5.74) is 1.36. The van der Waals surface area contributed by atoms with E-state index in [2.05, 4.69) is 24.4 Å². The monoisotopic (exact) mass is 249 g/mol. The van der Waals surface area contributed by atoms with Gasteiger partial charge in [0.2, 0.25) is 0 Å². The van der Waals surface area contributed by atoms with Crippen LogP contribution in [-0.4, -0.2) is 26.8 Å². The van der Waals surface area contributed by atoms with Gasteiger partial charge >= 0.3 is 0 Å². The molecule has 1 aliphatic carbocycles. The maximum absolute atomic E-state index is 5.39. The van der Waals surface area contributed by atoms with Crippen LogP contribution in [0.15, 0.2) is 18.2 Å². The van der Waals surface area contributed by atoms with Gasteiger partial charge in [-0.05, 0) is 43.0 Å². The Balaban J connectivity index is 2.22. The Bertz CT molecular complexity index is 392. The minimum absolute atomic E-state index is 0.602. The Labute approximate surface area is 109 Å². The summed E-state index contributed by atoms with van der Waals surface area (Å²) < 4.78 is 10.7. The fourth-order valence-corrected chi connectivity index (χ4v) is 2.95. The van der Waals surface area contributed by atoms with Crippen LogP contribution in [0.2, 0.25) is 0 Å². The second-order valence-electron chi connectivity index (χ2n) is 4.82. The average Bonchev–Trinajstić information content (AvgIpc) is 2.86. The van der Waals surface area contributed by atoms with E-state index in [0.717, 1.165) is 18.0 Å². The van der Waals surface area contributed by atoms with Gasteiger partial charge in [0.05, 0.1) is 14.2 Å². The molecule has 0 aromatic heterocycles. The molecule has 0 spiro atoms. The summed E-state index contributed by atoms with van der Waals surface area (Å²) in [7, 11) is 3.37. The molecule has 3 nitrogen and oxygen atoms in total. The molecule has 3 heteroatoms. The van der Waals surface area contributed by atoms with Crippen molar-refractivity contribution in [3.8, 4) is 11.5 Å². The molecule has 0 heterocycles. The summed E-state index contributed by atoms with van der Waals surface area (Å²) in [4.78, 5) is 0. The van der Waals surface area contributed by atoms with Gasteiger partial charge < -0.3 is 14.8 Å². The fourth-order valence-electron chi connectivity index (χ4n) is 2.95. The molecule has 18 heavy (non-hydrogen) atoms. The van der Waals surface area contributed by atoms with Crippen molar-refractivity contribution in [1.82, 2.24) is 5.32 Å². The van der Waals surface area contributed by atoms with Crippen LogP contribution in [0, 0.1) is 0 Å². The number of hydrogen-bond donors (Lipinski definition) is 1. The highest BCUT2D eigenvalue weighted by Crippen LogP contribution is 2.38. The molecule has 2 rings (SSSR count). The third-order valence-electron chi connectivity index (χ3n) is 3.82. The first-order valence-electron chi connectivity index (χ1n) is 6.75. The molecule has 1 N–H and O–H groups in total. The lowest BCUT2D eigenvalue weighted by molar-refractivity contribution is 0.353. The van der Waals surface area contributed by atoms with E-state index in [-0.39, 0.29) is 0 Å². The summed E-state index contributed by atoms with van der Waals surface area (Å²) in [6, 6.07) is 6.91. The molecule has 100 valence electrons. The molecule has 1 aliphatic rings. The zero-order valence-corrected chi connectivity index (χ0v) is 11.5. The Morgan fingerprint density at radius 3 is 2.61 bits per heavy atom. The van der Waals surface area contributed by atoms with Crippen molar-refractivity contribution in [2.75, 3.05) is 20.8 Å². The van der Waals surface area contributed by atoms with Crippen LogP contribution in [0.1, 0.15) is 37.7 Å². The SMILES string of the molecule is CCNC1CCCC1c1ccc(OC)c(OC)c1. The van der Waals surface area contributed by atoms with Gasteiger partial charge in [0.25, 0.3) is 0 Å². The molecule has 1 aromatic carbocycles. The Hall–Kier alpha value is -1.22. The second kappa shape index (κ2) is 6.10. The molecular formula is C15H23NO2. The summed E-state index contributed by atoms with van der Waals surface area (Å²) in [6.07, 6.45) is 3.83. The Morgan fingerprint density at radius 2 is 1.94 bits per heavy atom. The minimum Gasteiger partial charge on any atom is -0.493 e. The first-order valence-corrected chi connectivity index (χ1v) is 6.75. The molecule has 0 amide bonds. The van der Waals surface area contributed by atoms with Crippen LogP contribution in [0.25, 0.3) is 0 Å². The molecule has 1 fully saturated rings. The molecule has 0 bridgehead atoms. The number of rotatable bonds is 5. The van der Waals surface area contributed by atoms with Crippen molar-refractivity contribution in [2.24, 2.45) is 0 Å². The topological polar surface area (TPSA) is 30.5 Å². The normalized spacial score (nSPS) is 23.1. The number of hydrogen-bond acceptors (Lipinski definition) is 3. The van der Waals surface area contributed by atoms with Gasteiger partial charge in [-0.2, -0.15) is 0 Å². The third-order valence-corrected chi connectivity index (χ3v) is 3.82. The van der Waals surface area contributed by atoms with Crippen molar-refractivity contribution >= 4 is 0 Å². The van der Waals surface area contributed by atoms with E-state index in [1.54, 1.807) is 14.2 Å². The Kier molecular flexibility index (Phi) is 4.48. The molecule has 0 radical (unpaired) electrons. The van der Waals surface area contributed by atoms with Gasteiger partial charge in [-0.3, -0.25) is 0 Å². The predicted octanol–water partition coefficient (Wildman–Crippen LogP) is 2.95. The lowest BCUT2D eigenvalue weighted by atomic mass is 9.93. The van der Waals surface area contributed by atoms with Gasteiger partial charge in [0.15, 0.2) is 11.5 Å². The maximum atomic E-state index is 5.39. The smallest absolute Gasteiger partial charge is 0.160 e. The van der Waals surface area contributed by atoms with E-state index < -0.39 is 0 Å². The van der Waals surface area contributed by atoms with Gasteiger partial charge in [0.1, 0.15) is 0 Å². The molecule has 2 atom stereocenters. The number of ether oxygens (including phenoxy) is 2. The van der Waals surface area contributed by atoms with Crippen molar-refractivity contribution in [3.63, 3.8) is 0 Å². The highest BCUT2D eigenvalue weighted by atomic mass is 16.5. The van der Waals surface area contributed by atoms with Gasteiger partial charge in [0, 0.05) is 6.04 Å². The van der Waals surface area contributed by atoms with E-state index >= 15 is 0 Å². The maximum Gasteiger partial charge on any atom is 0.160 e. The lowest BCUT2D eigenvalue weighted by Gasteiger charge is -2.21. The average molecular weight is 249 g/mol. The zero-order valence-electron chi connectivity index (χ0n) is 11.5. The highest BCUT2D eigenvalue weighted by molar-refractivity contribution is 5.44. The number of benzene rings is 1. The number of nitrogens with one attached hydrogen (secondary N) is 1. The minimum atomic E-state index is 0.602. The van der Waals surface area contributed by atoms with Gasteiger partial charge in [-0.15, -0.1) is 0 Å².